The lowest BCUT2D eigenvalue weighted by Crippen LogP contribution is -2.18. The minimum Gasteiger partial charge on any atom is -0.367 e. The van der Waals surface area contributed by atoms with Gasteiger partial charge in [-0.1, -0.05) is 0 Å². The first-order valence-corrected chi connectivity index (χ1v) is 6.58. The Morgan fingerprint density at radius 1 is 1.09 bits per heavy atom. The Kier molecular flexibility index (Phi) is 3.82. The van der Waals surface area contributed by atoms with Gasteiger partial charge in [-0.3, -0.25) is 14.6 Å². The molecule has 0 unspecified atom stereocenters. The number of ketones is 2. The third-order valence-corrected chi connectivity index (χ3v) is 3.22. The summed E-state index contributed by atoms with van der Waals surface area (Å²) in [4.78, 5) is 30.8. The van der Waals surface area contributed by atoms with Gasteiger partial charge in [-0.2, -0.15) is 5.21 Å². The van der Waals surface area contributed by atoms with Crippen LogP contribution in [0.25, 0.3) is 0 Å². The third kappa shape index (κ3) is 2.95. The summed E-state index contributed by atoms with van der Waals surface area (Å²) in [7, 11) is 0. The maximum Gasteiger partial charge on any atom is 0.269 e. The van der Waals surface area contributed by atoms with Crippen LogP contribution in [0.5, 0.6) is 0 Å². The number of pyridine rings is 1. The van der Waals surface area contributed by atoms with Crippen LogP contribution in [0.15, 0.2) is 36.9 Å². The molecule has 0 saturated heterocycles. The molecular weight excluding hydrogens is 284 g/mol. The molecule has 22 heavy (non-hydrogen) atoms. The predicted molar refractivity (Wildman–Crippen MR) is 75.1 cm³/mol. The van der Waals surface area contributed by atoms with Crippen molar-refractivity contribution in [1.82, 2.24) is 30.6 Å². The molecule has 0 atom stereocenters. The highest BCUT2D eigenvalue weighted by Gasteiger charge is 2.22. The van der Waals surface area contributed by atoms with Crippen molar-refractivity contribution < 1.29 is 9.59 Å². The van der Waals surface area contributed by atoms with E-state index in [1.165, 1.54) is 0 Å². The number of rotatable bonds is 6. The molecule has 2 N–H and O–H groups in total. The Morgan fingerprint density at radius 2 is 1.86 bits per heavy atom. The molecule has 0 aromatic carbocycles. The zero-order valence-electron chi connectivity index (χ0n) is 11.5. The van der Waals surface area contributed by atoms with E-state index in [9.17, 15) is 9.59 Å². The minimum absolute atomic E-state index is 0.00269. The van der Waals surface area contributed by atoms with Gasteiger partial charge < -0.3 is 4.98 Å². The van der Waals surface area contributed by atoms with Gasteiger partial charge in [0.2, 0.25) is 11.6 Å². The van der Waals surface area contributed by atoms with E-state index in [0.29, 0.717) is 6.42 Å². The number of aromatic nitrogens is 6. The second-order valence-corrected chi connectivity index (χ2v) is 4.70. The van der Waals surface area contributed by atoms with Gasteiger partial charge in [0, 0.05) is 31.2 Å². The van der Waals surface area contributed by atoms with E-state index < -0.39 is 11.6 Å². The lowest BCUT2D eigenvalue weighted by molar-refractivity contribution is -0.114. The number of hydrogen-bond donors (Lipinski definition) is 2. The maximum absolute atomic E-state index is 12.0. The van der Waals surface area contributed by atoms with E-state index in [2.05, 4.69) is 30.6 Å². The lowest BCUT2D eigenvalue weighted by atomic mass is 10.0. The molecule has 0 aliphatic carbocycles. The summed E-state index contributed by atoms with van der Waals surface area (Å²) in [5, 5.41) is 12.5. The van der Waals surface area contributed by atoms with Gasteiger partial charge >= 0.3 is 0 Å². The number of nitrogens with zero attached hydrogens (tertiary/aromatic N) is 4. The van der Waals surface area contributed by atoms with E-state index >= 15 is 0 Å². The number of carbonyl (C=O) groups is 2. The maximum atomic E-state index is 12.0. The van der Waals surface area contributed by atoms with Gasteiger partial charge in [0.15, 0.2) is 0 Å². The smallest absolute Gasteiger partial charge is 0.269 e. The molecule has 3 rings (SSSR count). The van der Waals surface area contributed by atoms with Crippen LogP contribution < -0.4 is 0 Å². The number of tetrazole rings is 1. The number of hydrogen-bond acceptors (Lipinski definition) is 6. The molecule has 3 aromatic rings. The van der Waals surface area contributed by atoms with Crippen LogP contribution in [-0.2, 0) is 17.6 Å². The van der Waals surface area contributed by atoms with E-state index in [1.54, 1.807) is 18.6 Å². The Balaban J connectivity index is 1.72. The monoisotopic (exact) mass is 296 g/mol. The largest absolute Gasteiger partial charge is 0.367 e. The molecule has 0 radical (unpaired) electrons. The van der Waals surface area contributed by atoms with Crippen LogP contribution in [0.4, 0.5) is 0 Å². The fraction of sp³-hybridized carbons (Fsp3) is 0.143. The van der Waals surface area contributed by atoms with Gasteiger partial charge in [-0.05, 0) is 40.5 Å². The standard InChI is InChI=1S/C14H12N6O2/c21-12(13(22)14-17-19-20-18-14)6-11-8-16-7-10(11)5-9-1-3-15-4-2-9/h1-4,7-8,16H,5-6H2,(H,17,18,19,20). The summed E-state index contributed by atoms with van der Waals surface area (Å²) >= 11 is 0. The predicted octanol–water partition coefficient (Wildman–Crippen LogP) is 0.508. The van der Waals surface area contributed by atoms with Crippen molar-refractivity contribution in [2.45, 2.75) is 12.8 Å². The van der Waals surface area contributed by atoms with Gasteiger partial charge in [0.25, 0.3) is 5.78 Å². The number of Topliss-reactive ketones (excluding diaryl/α,β-unsaturated/α-hetero) is 2. The number of carbonyl (C=O) groups excluding carboxylic acids is 2. The summed E-state index contributed by atoms with van der Waals surface area (Å²) in [6.45, 7) is 0. The summed E-state index contributed by atoms with van der Waals surface area (Å²) in [6.07, 6.45) is 7.63. The Hall–Kier alpha value is -3.16. The van der Waals surface area contributed by atoms with Crippen LogP contribution >= 0.6 is 0 Å². The van der Waals surface area contributed by atoms with Crippen molar-refractivity contribution in [1.29, 1.82) is 0 Å². The summed E-state index contributed by atoms with van der Waals surface area (Å²) in [5.74, 6) is -1.53. The fourth-order valence-corrected chi connectivity index (χ4v) is 2.11. The van der Waals surface area contributed by atoms with Crippen molar-refractivity contribution in [2.24, 2.45) is 0 Å². The Bertz CT molecular complexity index is 779. The molecule has 3 heterocycles. The Labute approximate surface area is 125 Å². The van der Waals surface area contributed by atoms with Crippen LogP contribution in [-0.4, -0.2) is 42.2 Å². The van der Waals surface area contributed by atoms with Crippen molar-refractivity contribution in [3.8, 4) is 0 Å². The van der Waals surface area contributed by atoms with Crippen molar-refractivity contribution in [3.05, 3.63) is 59.4 Å². The summed E-state index contributed by atoms with van der Waals surface area (Å²) in [6, 6.07) is 3.81. The lowest BCUT2D eigenvalue weighted by Gasteiger charge is -2.03. The quantitative estimate of drug-likeness (QED) is 0.505. The van der Waals surface area contributed by atoms with Gasteiger partial charge in [0.05, 0.1) is 0 Å². The zero-order valence-corrected chi connectivity index (χ0v) is 11.5. The van der Waals surface area contributed by atoms with Crippen LogP contribution in [0.3, 0.4) is 0 Å². The minimum atomic E-state index is -0.746. The van der Waals surface area contributed by atoms with Crippen molar-refractivity contribution in [3.63, 3.8) is 0 Å². The molecule has 0 fully saturated rings. The topological polar surface area (TPSA) is 117 Å². The van der Waals surface area contributed by atoms with Crippen molar-refractivity contribution >= 4 is 11.6 Å². The summed E-state index contributed by atoms with van der Waals surface area (Å²) in [5.41, 5.74) is 2.81. The highest BCUT2D eigenvalue weighted by Crippen LogP contribution is 2.15. The van der Waals surface area contributed by atoms with Gasteiger partial charge in [-0.15, -0.1) is 10.2 Å². The SMILES string of the molecule is O=C(Cc1c[nH]cc1Cc1ccncc1)C(=O)c1nn[nH]n1. The zero-order chi connectivity index (χ0) is 15.4. The number of nitrogens with one attached hydrogen (secondary N) is 2. The van der Waals surface area contributed by atoms with E-state index in [4.69, 9.17) is 0 Å². The van der Waals surface area contributed by atoms with Crippen LogP contribution in [0.1, 0.15) is 27.3 Å². The first-order chi connectivity index (χ1) is 10.7. The molecule has 0 amide bonds. The second kappa shape index (κ2) is 6.08. The average molecular weight is 296 g/mol. The molecule has 0 aliphatic rings. The first-order valence-electron chi connectivity index (χ1n) is 6.58. The van der Waals surface area contributed by atoms with Crippen LogP contribution in [0, 0.1) is 0 Å². The first kappa shape index (κ1) is 13.8. The number of aromatic amines is 2. The highest BCUT2D eigenvalue weighted by atomic mass is 16.2. The average Bonchev–Trinajstić information content (AvgIpc) is 3.20. The molecule has 0 saturated carbocycles. The molecule has 0 aliphatic heterocycles. The molecule has 8 heteroatoms. The highest BCUT2D eigenvalue weighted by molar-refractivity contribution is 6.43. The molecule has 8 nitrogen and oxygen atoms in total. The molecule has 110 valence electrons. The third-order valence-electron chi connectivity index (χ3n) is 3.22. The Morgan fingerprint density at radius 3 is 2.59 bits per heavy atom. The molecule has 0 spiro atoms. The normalized spacial score (nSPS) is 10.5. The molecular formula is C14H12N6O2. The fourth-order valence-electron chi connectivity index (χ4n) is 2.11. The molecule has 0 bridgehead atoms. The second-order valence-electron chi connectivity index (χ2n) is 4.70. The summed E-state index contributed by atoms with van der Waals surface area (Å²) < 4.78 is 0. The van der Waals surface area contributed by atoms with Crippen LogP contribution in [0.2, 0.25) is 0 Å². The van der Waals surface area contributed by atoms with Crippen molar-refractivity contribution in [2.75, 3.05) is 0 Å². The van der Waals surface area contributed by atoms with E-state index in [-0.39, 0.29) is 12.2 Å². The number of H-pyrrole nitrogens is 2. The van der Waals surface area contributed by atoms with E-state index in [1.807, 2.05) is 18.3 Å². The molecule has 3 aromatic heterocycles. The van der Waals surface area contributed by atoms with Gasteiger partial charge in [0.1, 0.15) is 0 Å². The van der Waals surface area contributed by atoms with E-state index in [0.717, 1.165) is 16.7 Å². The van der Waals surface area contributed by atoms with Gasteiger partial charge in [-0.25, -0.2) is 0 Å².